The minimum atomic E-state index is -3.69. The van der Waals surface area contributed by atoms with E-state index in [0.717, 1.165) is 12.8 Å². The van der Waals surface area contributed by atoms with Gasteiger partial charge >= 0.3 is 0 Å². The van der Waals surface area contributed by atoms with Crippen molar-refractivity contribution in [1.29, 1.82) is 0 Å². The van der Waals surface area contributed by atoms with Crippen molar-refractivity contribution in [3.63, 3.8) is 0 Å². The summed E-state index contributed by atoms with van der Waals surface area (Å²) in [7, 11) is -3.69. The molecule has 3 aromatic carbocycles. The van der Waals surface area contributed by atoms with E-state index < -0.39 is 10.0 Å². The van der Waals surface area contributed by atoms with Gasteiger partial charge in [-0.15, -0.1) is 0 Å². The van der Waals surface area contributed by atoms with Gasteiger partial charge in [-0.3, -0.25) is 9.52 Å². The van der Waals surface area contributed by atoms with E-state index in [1.165, 1.54) is 29.3 Å². The second-order valence-corrected chi connectivity index (χ2v) is 8.53. The standard InChI is InChI=1S/C23H24N2O3S/c1-18-8-5-9-19(16-18)10-7-15-24-23(26)20-11-6-12-21(17-20)25-29(27,28)22-13-3-2-4-14-22/h2-6,8-9,11-14,16-17,25H,7,10,15H2,1H3,(H,24,26). The summed E-state index contributed by atoms with van der Waals surface area (Å²) in [5.74, 6) is -0.227. The zero-order valence-corrected chi connectivity index (χ0v) is 17.1. The molecule has 0 heterocycles. The molecule has 0 bridgehead atoms. The highest BCUT2D eigenvalue weighted by Crippen LogP contribution is 2.17. The number of carbonyl (C=O) groups excluding carboxylic acids is 1. The summed E-state index contributed by atoms with van der Waals surface area (Å²) in [6, 6.07) is 22.9. The molecule has 0 spiro atoms. The first-order chi connectivity index (χ1) is 13.9. The Morgan fingerprint density at radius 3 is 2.41 bits per heavy atom. The summed E-state index contributed by atoms with van der Waals surface area (Å²) in [4.78, 5) is 12.6. The number of rotatable bonds is 8. The van der Waals surface area contributed by atoms with Crippen LogP contribution in [0.1, 0.15) is 27.9 Å². The summed E-state index contributed by atoms with van der Waals surface area (Å²) in [5, 5.41) is 2.89. The lowest BCUT2D eigenvalue weighted by Gasteiger charge is -2.10. The van der Waals surface area contributed by atoms with Crippen molar-refractivity contribution in [2.24, 2.45) is 0 Å². The van der Waals surface area contributed by atoms with E-state index >= 15 is 0 Å². The van der Waals surface area contributed by atoms with Gasteiger partial charge in [-0.2, -0.15) is 0 Å². The molecule has 29 heavy (non-hydrogen) atoms. The van der Waals surface area contributed by atoms with Crippen LogP contribution in [-0.4, -0.2) is 20.9 Å². The molecule has 2 N–H and O–H groups in total. The summed E-state index contributed by atoms with van der Waals surface area (Å²) >= 11 is 0. The van der Waals surface area contributed by atoms with Crippen LogP contribution in [0.3, 0.4) is 0 Å². The van der Waals surface area contributed by atoms with Gasteiger partial charge in [0.15, 0.2) is 0 Å². The highest BCUT2D eigenvalue weighted by molar-refractivity contribution is 7.92. The minimum Gasteiger partial charge on any atom is -0.352 e. The fraction of sp³-hybridized carbons (Fsp3) is 0.174. The van der Waals surface area contributed by atoms with Crippen molar-refractivity contribution in [3.05, 3.63) is 95.6 Å². The Bertz CT molecular complexity index is 1080. The minimum absolute atomic E-state index is 0.172. The number of amides is 1. The van der Waals surface area contributed by atoms with Crippen LogP contribution in [0.4, 0.5) is 5.69 Å². The van der Waals surface area contributed by atoms with E-state index in [2.05, 4.69) is 35.2 Å². The molecule has 0 unspecified atom stereocenters. The molecule has 3 aromatic rings. The molecule has 0 aliphatic heterocycles. The van der Waals surface area contributed by atoms with E-state index in [0.29, 0.717) is 17.8 Å². The number of nitrogens with one attached hydrogen (secondary N) is 2. The van der Waals surface area contributed by atoms with Crippen molar-refractivity contribution < 1.29 is 13.2 Å². The summed E-state index contributed by atoms with van der Waals surface area (Å²) in [6.07, 6.45) is 1.72. The van der Waals surface area contributed by atoms with Crippen LogP contribution in [0, 0.1) is 6.92 Å². The zero-order valence-electron chi connectivity index (χ0n) is 16.3. The highest BCUT2D eigenvalue weighted by Gasteiger charge is 2.14. The number of hydrogen-bond acceptors (Lipinski definition) is 3. The first-order valence-electron chi connectivity index (χ1n) is 9.46. The second-order valence-electron chi connectivity index (χ2n) is 6.85. The number of hydrogen-bond donors (Lipinski definition) is 2. The van der Waals surface area contributed by atoms with E-state index in [4.69, 9.17) is 0 Å². The maximum absolute atomic E-state index is 12.4. The van der Waals surface area contributed by atoms with Crippen LogP contribution < -0.4 is 10.0 Å². The third-order valence-corrected chi connectivity index (χ3v) is 5.84. The molecule has 0 fully saturated rings. The Kier molecular flexibility index (Phi) is 6.67. The number of sulfonamides is 1. The van der Waals surface area contributed by atoms with E-state index in [9.17, 15) is 13.2 Å². The van der Waals surface area contributed by atoms with Gasteiger partial charge < -0.3 is 5.32 Å². The molecule has 0 radical (unpaired) electrons. The van der Waals surface area contributed by atoms with Crippen LogP contribution in [0.5, 0.6) is 0 Å². The average Bonchev–Trinajstić information content (AvgIpc) is 2.72. The Morgan fingerprint density at radius 1 is 0.897 bits per heavy atom. The van der Waals surface area contributed by atoms with Crippen LogP contribution in [-0.2, 0) is 16.4 Å². The maximum Gasteiger partial charge on any atom is 0.261 e. The van der Waals surface area contributed by atoms with Crippen molar-refractivity contribution in [2.75, 3.05) is 11.3 Å². The highest BCUT2D eigenvalue weighted by atomic mass is 32.2. The number of benzene rings is 3. The van der Waals surface area contributed by atoms with Crippen LogP contribution in [0.25, 0.3) is 0 Å². The monoisotopic (exact) mass is 408 g/mol. The van der Waals surface area contributed by atoms with E-state index in [-0.39, 0.29) is 10.8 Å². The molecule has 150 valence electrons. The third-order valence-electron chi connectivity index (χ3n) is 4.44. The van der Waals surface area contributed by atoms with Gasteiger partial charge in [0.25, 0.3) is 15.9 Å². The first kappa shape index (κ1) is 20.6. The molecule has 0 atom stereocenters. The molecular formula is C23H24N2O3S. The van der Waals surface area contributed by atoms with E-state index in [1.807, 2.05) is 6.07 Å². The number of anilines is 1. The predicted octanol–water partition coefficient (Wildman–Crippen LogP) is 4.16. The summed E-state index contributed by atoms with van der Waals surface area (Å²) < 4.78 is 27.4. The van der Waals surface area contributed by atoms with Crippen molar-refractivity contribution in [3.8, 4) is 0 Å². The van der Waals surface area contributed by atoms with Gasteiger partial charge in [0.1, 0.15) is 0 Å². The quantitative estimate of drug-likeness (QED) is 0.550. The molecular weight excluding hydrogens is 384 g/mol. The lowest BCUT2D eigenvalue weighted by molar-refractivity contribution is 0.0953. The SMILES string of the molecule is Cc1cccc(CCCNC(=O)c2cccc(NS(=O)(=O)c3ccccc3)c2)c1. The average molecular weight is 409 g/mol. The Morgan fingerprint density at radius 2 is 1.66 bits per heavy atom. The predicted molar refractivity (Wildman–Crippen MR) is 116 cm³/mol. The van der Waals surface area contributed by atoms with Gasteiger partial charge in [-0.05, 0) is 55.7 Å². The molecule has 0 aliphatic carbocycles. The Balaban J connectivity index is 1.56. The largest absolute Gasteiger partial charge is 0.352 e. The fourth-order valence-corrected chi connectivity index (χ4v) is 4.07. The molecule has 5 nitrogen and oxygen atoms in total. The summed E-state index contributed by atoms with van der Waals surface area (Å²) in [5.41, 5.74) is 3.23. The van der Waals surface area contributed by atoms with Crippen molar-refractivity contribution in [1.82, 2.24) is 5.32 Å². The topological polar surface area (TPSA) is 75.3 Å². The van der Waals surface area contributed by atoms with Gasteiger partial charge in [-0.1, -0.05) is 54.1 Å². The number of carbonyl (C=O) groups is 1. The first-order valence-corrected chi connectivity index (χ1v) is 10.9. The van der Waals surface area contributed by atoms with Crippen LogP contribution in [0.15, 0.2) is 83.8 Å². The number of aryl methyl sites for hydroxylation is 2. The zero-order chi connectivity index (χ0) is 20.7. The second kappa shape index (κ2) is 9.39. The van der Waals surface area contributed by atoms with Crippen LogP contribution >= 0.6 is 0 Å². The van der Waals surface area contributed by atoms with Crippen molar-refractivity contribution in [2.45, 2.75) is 24.7 Å². The Labute approximate surface area is 171 Å². The van der Waals surface area contributed by atoms with Crippen LogP contribution in [0.2, 0.25) is 0 Å². The fourth-order valence-electron chi connectivity index (χ4n) is 3.00. The molecule has 3 rings (SSSR count). The normalized spacial score (nSPS) is 11.1. The van der Waals surface area contributed by atoms with Gasteiger partial charge in [0, 0.05) is 17.8 Å². The molecule has 0 saturated heterocycles. The van der Waals surface area contributed by atoms with Gasteiger partial charge in [0.2, 0.25) is 0 Å². The van der Waals surface area contributed by atoms with Crippen molar-refractivity contribution >= 4 is 21.6 Å². The molecule has 0 aliphatic rings. The molecule has 0 aromatic heterocycles. The van der Waals surface area contributed by atoms with E-state index in [1.54, 1.807) is 36.4 Å². The van der Waals surface area contributed by atoms with Gasteiger partial charge in [-0.25, -0.2) is 8.42 Å². The molecule has 1 amide bonds. The molecule has 6 heteroatoms. The third kappa shape index (κ3) is 5.93. The molecule has 0 saturated carbocycles. The smallest absolute Gasteiger partial charge is 0.261 e. The maximum atomic E-state index is 12.4. The van der Waals surface area contributed by atoms with Gasteiger partial charge in [0.05, 0.1) is 4.90 Å². The summed E-state index contributed by atoms with van der Waals surface area (Å²) in [6.45, 7) is 2.61. The lowest BCUT2D eigenvalue weighted by atomic mass is 10.1. The lowest BCUT2D eigenvalue weighted by Crippen LogP contribution is -2.25. The Hall–Kier alpha value is -3.12.